The van der Waals surface area contributed by atoms with Gasteiger partial charge in [-0.05, 0) is 63.4 Å². The van der Waals surface area contributed by atoms with Gasteiger partial charge < -0.3 is 19.6 Å². The van der Waals surface area contributed by atoms with Crippen molar-refractivity contribution in [1.29, 1.82) is 0 Å². The van der Waals surface area contributed by atoms with E-state index >= 15 is 0 Å². The molecule has 6 heteroatoms. The Balaban J connectivity index is 1.33. The van der Waals surface area contributed by atoms with Crippen LogP contribution in [0.5, 0.6) is 0 Å². The van der Waals surface area contributed by atoms with Gasteiger partial charge in [-0.25, -0.2) is 0 Å². The van der Waals surface area contributed by atoms with Crippen molar-refractivity contribution in [2.24, 2.45) is 0 Å². The molecule has 168 valence electrons. The van der Waals surface area contributed by atoms with E-state index in [9.17, 15) is 9.59 Å². The predicted octanol–water partition coefficient (Wildman–Crippen LogP) is 3.75. The van der Waals surface area contributed by atoms with Crippen molar-refractivity contribution in [1.82, 2.24) is 9.80 Å². The third-order valence-electron chi connectivity index (χ3n) is 7.18. The van der Waals surface area contributed by atoms with Crippen molar-refractivity contribution in [2.75, 3.05) is 49.1 Å². The first-order valence-corrected chi connectivity index (χ1v) is 11.9. The van der Waals surface area contributed by atoms with Gasteiger partial charge in [0.2, 0.25) is 0 Å². The first kappa shape index (κ1) is 20.9. The number of amides is 2. The van der Waals surface area contributed by atoms with Gasteiger partial charge in [-0.15, -0.1) is 0 Å². The van der Waals surface area contributed by atoms with Gasteiger partial charge in [-0.3, -0.25) is 9.59 Å². The molecular formula is C26H32N4O2. The smallest absolute Gasteiger partial charge is 0.257 e. The monoisotopic (exact) mass is 432 g/mol. The molecule has 0 aromatic heterocycles. The maximum Gasteiger partial charge on any atom is 0.257 e. The van der Waals surface area contributed by atoms with Gasteiger partial charge in [-0.2, -0.15) is 0 Å². The number of piperidine rings is 1. The third-order valence-corrected chi connectivity index (χ3v) is 7.18. The Bertz CT molecular complexity index is 1010. The van der Waals surface area contributed by atoms with Gasteiger partial charge in [0, 0.05) is 50.5 Å². The van der Waals surface area contributed by atoms with Crippen LogP contribution in [0.4, 0.5) is 11.4 Å². The number of piperazine rings is 1. The number of hydrogen-bond acceptors (Lipinski definition) is 4. The van der Waals surface area contributed by atoms with Crippen LogP contribution in [0.25, 0.3) is 0 Å². The molecule has 0 N–H and O–H groups in total. The van der Waals surface area contributed by atoms with Crippen molar-refractivity contribution >= 4 is 23.2 Å². The molecule has 3 aliphatic rings. The number of fused-ring (bicyclic) bond motifs is 2. The molecule has 3 heterocycles. The van der Waals surface area contributed by atoms with E-state index in [1.54, 1.807) is 0 Å². The van der Waals surface area contributed by atoms with Gasteiger partial charge in [0.05, 0.1) is 11.3 Å². The van der Waals surface area contributed by atoms with Crippen molar-refractivity contribution in [3.8, 4) is 0 Å². The number of rotatable bonds is 3. The van der Waals surface area contributed by atoms with Crippen LogP contribution in [0.3, 0.4) is 0 Å². The van der Waals surface area contributed by atoms with Gasteiger partial charge in [0.1, 0.15) is 6.17 Å². The highest BCUT2D eigenvalue weighted by Crippen LogP contribution is 2.36. The van der Waals surface area contributed by atoms with Crippen LogP contribution >= 0.6 is 0 Å². The van der Waals surface area contributed by atoms with Crippen LogP contribution in [0.1, 0.15) is 52.5 Å². The molecule has 2 aromatic carbocycles. The Kier molecular flexibility index (Phi) is 5.53. The lowest BCUT2D eigenvalue weighted by Gasteiger charge is -2.47. The van der Waals surface area contributed by atoms with Gasteiger partial charge in [-0.1, -0.05) is 17.7 Å². The number of carbonyl (C=O) groups excluding carboxylic acids is 2. The SMILES string of the molecule is CCN1c2cc(C(=O)N3CCN(c4ccc(C)cc4)CC3)ccc2C(=O)N2CCCC[C@@H]21. The quantitative estimate of drug-likeness (QED) is 0.741. The average molecular weight is 433 g/mol. The van der Waals surface area contributed by atoms with Crippen LogP contribution in [0.15, 0.2) is 42.5 Å². The molecule has 2 amide bonds. The van der Waals surface area contributed by atoms with Crippen LogP contribution < -0.4 is 9.80 Å². The van der Waals surface area contributed by atoms with Crippen LogP contribution in [0, 0.1) is 6.92 Å². The summed E-state index contributed by atoms with van der Waals surface area (Å²) in [4.78, 5) is 35.0. The molecule has 32 heavy (non-hydrogen) atoms. The highest BCUT2D eigenvalue weighted by atomic mass is 16.2. The zero-order chi connectivity index (χ0) is 22.2. The largest absolute Gasteiger partial charge is 0.368 e. The fourth-order valence-electron chi connectivity index (χ4n) is 5.36. The third kappa shape index (κ3) is 3.61. The number of hydrogen-bond donors (Lipinski definition) is 0. The van der Waals surface area contributed by atoms with Crippen molar-refractivity contribution in [3.05, 3.63) is 59.2 Å². The van der Waals surface area contributed by atoms with Crippen LogP contribution in [-0.2, 0) is 0 Å². The van der Waals surface area contributed by atoms with E-state index in [2.05, 4.69) is 47.9 Å². The van der Waals surface area contributed by atoms with Gasteiger partial charge >= 0.3 is 0 Å². The van der Waals surface area contributed by atoms with E-state index in [-0.39, 0.29) is 18.0 Å². The Morgan fingerprint density at radius 2 is 1.72 bits per heavy atom. The minimum absolute atomic E-state index is 0.0610. The number of aryl methyl sites for hydroxylation is 1. The maximum atomic E-state index is 13.3. The number of nitrogens with zero attached hydrogens (tertiary/aromatic N) is 4. The second-order valence-corrected chi connectivity index (χ2v) is 9.11. The van der Waals surface area contributed by atoms with Crippen molar-refractivity contribution < 1.29 is 9.59 Å². The second kappa shape index (κ2) is 8.49. The molecule has 1 atom stereocenters. The Labute approximate surface area is 190 Å². The molecule has 2 fully saturated rings. The molecule has 0 radical (unpaired) electrons. The van der Waals surface area contributed by atoms with E-state index in [1.165, 1.54) is 11.3 Å². The van der Waals surface area contributed by atoms with E-state index in [1.807, 2.05) is 28.0 Å². The molecule has 0 aliphatic carbocycles. The van der Waals surface area contributed by atoms with Gasteiger partial charge in [0.25, 0.3) is 11.8 Å². The first-order chi connectivity index (χ1) is 15.6. The van der Waals surface area contributed by atoms with E-state index in [4.69, 9.17) is 0 Å². The molecule has 0 unspecified atom stereocenters. The van der Waals surface area contributed by atoms with E-state index in [0.717, 1.165) is 56.7 Å². The molecule has 0 saturated carbocycles. The highest BCUT2D eigenvalue weighted by Gasteiger charge is 2.38. The first-order valence-electron chi connectivity index (χ1n) is 11.9. The van der Waals surface area contributed by atoms with Gasteiger partial charge in [0.15, 0.2) is 0 Å². The standard InChI is InChI=1S/C26H32N4O2/c1-3-29-23-18-20(9-12-22(23)26(32)30-13-5-4-6-24(29)30)25(31)28-16-14-27(15-17-28)21-10-7-19(2)8-11-21/h7-12,18,24H,3-6,13-17H2,1-2H3/t24-/m1/s1. The molecule has 2 saturated heterocycles. The normalized spacial score (nSPS) is 20.8. The molecule has 6 nitrogen and oxygen atoms in total. The minimum atomic E-state index is 0.0610. The fourth-order valence-corrected chi connectivity index (χ4v) is 5.36. The topological polar surface area (TPSA) is 47.1 Å². The van der Waals surface area contributed by atoms with Crippen LogP contribution in [-0.4, -0.2) is 67.0 Å². The summed E-state index contributed by atoms with van der Waals surface area (Å²) in [6.45, 7) is 8.95. The summed E-state index contributed by atoms with van der Waals surface area (Å²) in [6, 6.07) is 14.2. The number of benzene rings is 2. The molecular weight excluding hydrogens is 400 g/mol. The molecule has 0 spiro atoms. The van der Waals surface area contributed by atoms with E-state index in [0.29, 0.717) is 18.7 Å². The zero-order valence-corrected chi connectivity index (χ0v) is 19.1. The van der Waals surface area contributed by atoms with Crippen molar-refractivity contribution in [2.45, 2.75) is 39.3 Å². The average Bonchev–Trinajstić information content (AvgIpc) is 2.84. The summed E-state index contributed by atoms with van der Waals surface area (Å²) >= 11 is 0. The van der Waals surface area contributed by atoms with Crippen LogP contribution in [0.2, 0.25) is 0 Å². The summed E-state index contributed by atoms with van der Waals surface area (Å²) < 4.78 is 0. The predicted molar refractivity (Wildman–Crippen MR) is 127 cm³/mol. The lowest BCUT2D eigenvalue weighted by atomic mass is 9.97. The highest BCUT2D eigenvalue weighted by molar-refractivity contribution is 6.04. The Morgan fingerprint density at radius 1 is 0.969 bits per heavy atom. The van der Waals surface area contributed by atoms with E-state index < -0.39 is 0 Å². The summed E-state index contributed by atoms with van der Waals surface area (Å²) in [5.74, 6) is 0.172. The summed E-state index contributed by atoms with van der Waals surface area (Å²) in [5.41, 5.74) is 4.80. The number of carbonyl (C=O) groups is 2. The van der Waals surface area contributed by atoms with Crippen molar-refractivity contribution in [3.63, 3.8) is 0 Å². The Morgan fingerprint density at radius 3 is 2.44 bits per heavy atom. The zero-order valence-electron chi connectivity index (χ0n) is 19.1. The number of anilines is 2. The molecule has 2 aromatic rings. The molecule has 0 bridgehead atoms. The lowest BCUT2D eigenvalue weighted by molar-refractivity contribution is 0.0581. The summed E-state index contributed by atoms with van der Waals surface area (Å²) in [6.07, 6.45) is 3.33. The second-order valence-electron chi connectivity index (χ2n) is 9.11. The molecule has 5 rings (SSSR count). The lowest BCUT2D eigenvalue weighted by Crippen LogP contribution is -2.57. The summed E-state index contributed by atoms with van der Waals surface area (Å²) in [7, 11) is 0. The molecule has 3 aliphatic heterocycles. The maximum absolute atomic E-state index is 13.3. The summed E-state index contributed by atoms with van der Waals surface area (Å²) in [5, 5.41) is 0. The minimum Gasteiger partial charge on any atom is -0.368 e. The fraction of sp³-hybridized carbons (Fsp3) is 0.462. The Hall–Kier alpha value is -3.02.